The van der Waals surface area contributed by atoms with Gasteiger partial charge in [0.15, 0.2) is 5.82 Å². The molecule has 2 aromatic rings. The normalized spacial score (nSPS) is 16.5. The lowest BCUT2D eigenvalue weighted by Gasteiger charge is -2.36. The van der Waals surface area contributed by atoms with Crippen LogP contribution in [0.5, 0.6) is 0 Å². The number of rotatable bonds is 6. The van der Waals surface area contributed by atoms with Crippen LogP contribution in [0.2, 0.25) is 0 Å². The standard InChI is InChI=1S/C18H26N6O2/c1-13-4-3-5-15(12-13)24-10-8-23(9-11-24)7-6-16(25)19-14(2)17-20-18(26)22-21-17/h3-5,12,14H,6-11H2,1-2H3,(H,19,25)(H2,20,21,22,26). The van der Waals surface area contributed by atoms with Gasteiger partial charge in [-0.05, 0) is 31.5 Å². The molecule has 0 saturated carbocycles. The van der Waals surface area contributed by atoms with Gasteiger partial charge in [-0.1, -0.05) is 12.1 Å². The zero-order chi connectivity index (χ0) is 18.5. The van der Waals surface area contributed by atoms with E-state index in [2.05, 4.69) is 61.5 Å². The summed E-state index contributed by atoms with van der Waals surface area (Å²) in [5.41, 5.74) is 2.17. The average Bonchev–Trinajstić information content (AvgIpc) is 3.07. The Morgan fingerprint density at radius 1 is 1.31 bits per heavy atom. The first-order valence-electron chi connectivity index (χ1n) is 8.99. The number of aromatic amines is 2. The van der Waals surface area contributed by atoms with Gasteiger partial charge in [-0.2, -0.15) is 5.10 Å². The minimum absolute atomic E-state index is 0.0394. The zero-order valence-electron chi connectivity index (χ0n) is 15.3. The predicted octanol–water partition coefficient (Wildman–Crippen LogP) is 0.796. The molecule has 1 aliphatic heterocycles. The maximum Gasteiger partial charge on any atom is 0.340 e. The second kappa shape index (κ2) is 8.18. The molecule has 2 heterocycles. The van der Waals surface area contributed by atoms with E-state index in [4.69, 9.17) is 0 Å². The molecule has 1 aromatic heterocycles. The molecule has 8 heteroatoms. The van der Waals surface area contributed by atoms with Crippen molar-refractivity contribution in [3.05, 3.63) is 46.1 Å². The third kappa shape index (κ3) is 4.72. The summed E-state index contributed by atoms with van der Waals surface area (Å²) in [6, 6.07) is 8.24. The molecular weight excluding hydrogens is 332 g/mol. The number of nitrogens with zero attached hydrogens (tertiary/aromatic N) is 3. The van der Waals surface area contributed by atoms with Gasteiger partial charge in [-0.3, -0.25) is 14.7 Å². The number of amides is 1. The van der Waals surface area contributed by atoms with Crippen molar-refractivity contribution in [3.8, 4) is 0 Å². The lowest BCUT2D eigenvalue weighted by atomic mass is 10.2. The Balaban J connectivity index is 1.40. The van der Waals surface area contributed by atoms with Crippen LogP contribution in [0.1, 0.15) is 30.8 Å². The van der Waals surface area contributed by atoms with Crippen LogP contribution in [0.25, 0.3) is 0 Å². The summed E-state index contributed by atoms with van der Waals surface area (Å²) >= 11 is 0. The van der Waals surface area contributed by atoms with Gasteiger partial charge in [0.25, 0.3) is 0 Å². The van der Waals surface area contributed by atoms with Crippen LogP contribution < -0.4 is 15.9 Å². The van der Waals surface area contributed by atoms with Gasteiger partial charge in [-0.15, -0.1) is 0 Å². The minimum Gasteiger partial charge on any atom is -0.369 e. The summed E-state index contributed by atoms with van der Waals surface area (Å²) < 4.78 is 0. The fourth-order valence-electron chi connectivity index (χ4n) is 3.18. The van der Waals surface area contributed by atoms with Gasteiger partial charge in [0.05, 0.1) is 6.04 Å². The Hall–Kier alpha value is -2.61. The molecule has 0 radical (unpaired) electrons. The maximum atomic E-state index is 12.1. The average molecular weight is 358 g/mol. The highest BCUT2D eigenvalue weighted by Gasteiger charge is 2.19. The van der Waals surface area contributed by atoms with Gasteiger partial charge < -0.3 is 10.2 Å². The molecule has 1 fully saturated rings. The first-order chi connectivity index (χ1) is 12.5. The van der Waals surface area contributed by atoms with Crippen LogP contribution in [0.4, 0.5) is 5.69 Å². The highest BCUT2D eigenvalue weighted by Crippen LogP contribution is 2.17. The summed E-state index contributed by atoms with van der Waals surface area (Å²) in [6.45, 7) is 8.47. The van der Waals surface area contributed by atoms with Crippen molar-refractivity contribution in [3.63, 3.8) is 0 Å². The van der Waals surface area contributed by atoms with Gasteiger partial charge in [-0.25, -0.2) is 9.89 Å². The zero-order valence-corrected chi connectivity index (χ0v) is 15.3. The van der Waals surface area contributed by atoms with Crippen molar-refractivity contribution in [2.24, 2.45) is 0 Å². The number of anilines is 1. The quantitative estimate of drug-likeness (QED) is 0.710. The number of aromatic nitrogens is 3. The highest BCUT2D eigenvalue weighted by molar-refractivity contribution is 5.76. The summed E-state index contributed by atoms with van der Waals surface area (Å²) in [5.74, 6) is 0.401. The molecule has 1 amide bonds. The van der Waals surface area contributed by atoms with E-state index in [-0.39, 0.29) is 17.6 Å². The smallest absolute Gasteiger partial charge is 0.340 e. The Morgan fingerprint density at radius 2 is 2.08 bits per heavy atom. The molecule has 1 atom stereocenters. The van der Waals surface area contributed by atoms with E-state index in [0.29, 0.717) is 12.2 Å². The molecule has 3 rings (SSSR count). The molecule has 1 aliphatic rings. The molecule has 0 bridgehead atoms. The fraction of sp³-hybridized carbons (Fsp3) is 0.500. The number of benzene rings is 1. The maximum absolute atomic E-state index is 12.1. The van der Waals surface area contributed by atoms with E-state index in [0.717, 1.165) is 32.7 Å². The van der Waals surface area contributed by atoms with E-state index in [1.165, 1.54) is 11.3 Å². The Bertz CT molecular complexity index is 791. The predicted molar refractivity (Wildman–Crippen MR) is 100 cm³/mol. The van der Waals surface area contributed by atoms with E-state index in [1.54, 1.807) is 6.92 Å². The topological polar surface area (TPSA) is 97.1 Å². The number of hydrogen-bond donors (Lipinski definition) is 3. The lowest BCUT2D eigenvalue weighted by Crippen LogP contribution is -2.47. The number of nitrogens with one attached hydrogen (secondary N) is 3. The number of aryl methyl sites for hydroxylation is 1. The Morgan fingerprint density at radius 3 is 2.73 bits per heavy atom. The SMILES string of the molecule is Cc1cccc(N2CCN(CCC(=O)NC(C)c3n[nH]c(=O)[nH]3)CC2)c1. The molecule has 1 unspecified atom stereocenters. The molecule has 1 aromatic carbocycles. The largest absolute Gasteiger partial charge is 0.369 e. The number of piperazine rings is 1. The first kappa shape index (κ1) is 18.2. The molecule has 140 valence electrons. The van der Waals surface area contributed by atoms with Gasteiger partial charge in [0.2, 0.25) is 5.91 Å². The van der Waals surface area contributed by atoms with Crippen molar-refractivity contribution in [2.75, 3.05) is 37.6 Å². The fourth-order valence-corrected chi connectivity index (χ4v) is 3.18. The first-order valence-corrected chi connectivity index (χ1v) is 8.99. The summed E-state index contributed by atoms with van der Waals surface area (Å²) in [6.07, 6.45) is 0.434. The van der Waals surface area contributed by atoms with E-state index in [1.807, 2.05) is 0 Å². The van der Waals surface area contributed by atoms with E-state index in [9.17, 15) is 9.59 Å². The summed E-state index contributed by atoms with van der Waals surface area (Å²) in [5, 5.41) is 9.00. The number of carbonyl (C=O) groups is 1. The molecule has 0 aliphatic carbocycles. The van der Waals surface area contributed by atoms with Crippen LogP contribution in [0.3, 0.4) is 0 Å². The van der Waals surface area contributed by atoms with Crippen LogP contribution in [0.15, 0.2) is 29.1 Å². The van der Waals surface area contributed by atoms with Crippen LogP contribution in [-0.2, 0) is 4.79 Å². The van der Waals surface area contributed by atoms with Gasteiger partial charge in [0, 0.05) is 44.8 Å². The lowest BCUT2D eigenvalue weighted by molar-refractivity contribution is -0.122. The van der Waals surface area contributed by atoms with Crippen molar-refractivity contribution in [2.45, 2.75) is 26.3 Å². The van der Waals surface area contributed by atoms with Gasteiger partial charge in [0.1, 0.15) is 0 Å². The Labute approximate surface area is 152 Å². The molecule has 3 N–H and O–H groups in total. The minimum atomic E-state index is -0.368. The van der Waals surface area contributed by atoms with Crippen LogP contribution in [-0.4, -0.2) is 58.7 Å². The number of hydrogen-bond acceptors (Lipinski definition) is 5. The molecule has 26 heavy (non-hydrogen) atoms. The molecular formula is C18H26N6O2. The van der Waals surface area contributed by atoms with Gasteiger partial charge >= 0.3 is 5.69 Å². The number of H-pyrrole nitrogens is 2. The van der Waals surface area contributed by atoms with E-state index >= 15 is 0 Å². The van der Waals surface area contributed by atoms with Crippen LogP contribution in [0, 0.1) is 6.92 Å². The van der Waals surface area contributed by atoms with Crippen molar-refractivity contribution in [1.82, 2.24) is 25.4 Å². The third-order valence-electron chi connectivity index (χ3n) is 4.70. The molecule has 8 nitrogen and oxygen atoms in total. The van der Waals surface area contributed by atoms with Crippen molar-refractivity contribution >= 4 is 11.6 Å². The second-order valence-corrected chi connectivity index (χ2v) is 6.77. The summed E-state index contributed by atoms with van der Waals surface area (Å²) in [4.78, 5) is 30.4. The van der Waals surface area contributed by atoms with E-state index < -0.39 is 0 Å². The monoisotopic (exact) mass is 358 g/mol. The molecule has 1 saturated heterocycles. The summed E-state index contributed by atoms with van der Waals surface area (Å²) in [7, 11) is 0. The highest BCUT2D eigenvalue weighted by atomic mass is 16.2. The Kier molecular flexibility index (Phi) is 5.72. The second-order valence-electron chi connectivity index (χ2n) is 6.77. The van der Waals surface area contributed by atoms with Crippen LogP contribution >= 0.6 is 0 Å². The third-order valence-corrected chi connectivity index (χ3v) is 4.70. The van der Waals surface area contributed by atoms with Crippen molar-refractivity contribution in [1.29, 1.82) is 0 Å². The molecule has 0 spiro atoms. The van der Waals surface area contributed by atoms with Crippen molar-refractivity contribution < 1.29 is 4.79 Å². The number of carbonyl (C=O) groups excluding carboxylic acids is 1.